The number of anilines is 4. The fourth-order valence-electron chi connectivity index (χ4n) is 3.92. The zero-order chi connectivity index (χ0) is 19.0. The van der Waals surface area contributed by atoms with E-state index in [2.05, 4.69) is 92.1 Å². The lowest BCUT2D eigenvalue weighted by Crippen LogP contribution is -2.26. The number of hydrogen-bond donors (Lipinski definition) is 0. The smallest absolute Gasteiger partial charge is 0.158 e. The van der Waals surface area contributed by atoms with Crippen molar-refractivity contribution in [3.63, 3.8) is 0 Å². The normalized spacial score (nSPS) is 13.6. The second-order valence-electron chi connectivity index (χ2n) is 7.77. The van der Waals surface area contributed by atoms with Crippen molar-refractivity contribution in [2.75, 3.05) is 16.5 Å². The Balaban J connectivity index is 1.89. The van der Waals surface area contributed by atoms with Crippen LogP contribution in [-0.4, -0.2) is 11.7 Å². The highest BCUT2D eigenvalue weighted by Gasteiger charge is 2.32. The van der Waals surface area contributed by atoms with Crippen molar-refractivity contribution in [3.05, 3.63) is 78.0 Å². The summed E-state index contributed by atoms with van der Waals surface area (Å²) in [5.41, 5.74) is 6.48. The van der Waals surface area contributed by atoms with Gasteiger partial charge in [-0.3, -0.25) is 0 Å². The molecule has 3 nitrogen and oxygen atoms in total. The lowest BCUT2D eigenvalue weighted by atomic mass is 9.92. The number of fused-ring (bicyclic) bond motifs is 1. The molecule has 0 amide bonds. The maximum Gasteiger partial charge on any atom is 0.158 e. The minimum absolute atomic E-state index is 0.463. The molecule has 0 atom stereocenters. The van der Waals surface area contributed by atoms with E-state index < -0.39 is 0 Å². The van der Waals surface area contributed by atoms with E-state index >= 15 is 0 Å². The van der Waals surface area contributed by atoms with Crippen LogP contribution >= 0.6 is 0 Å². The number of rotatable bonds is 4. The van der Waals surface area contributed by atoms with Gasteiger partial charge in [0.15, 0.2) is 5.82 Å². The van der Waals surface area contributed by atoms with Gasteiger partial charge >= 0.3 is 0 Å². The molecule has 3 heteroatoms. The van der Waals surface area contributed by atoms with E-state index in [0.29, 0.717) is 11.8 Å². The average molecular weight is 358 g/mol. The summed E-state index contributed by atoms with van der Waals surface area (Å²) in [6.45, 7) is 9.88. The average Bonchev–Trinajstić information content (AvgIpc) is 3.07. The van der Waals surface area contributed by atoms with E-state index in [1.807, 2.05) is 12.3 Å². The molecule has 3 aromatic rings. The minimum Gasteiger partial charge on any atom is -0.319 e. The van der Waals surface area contributed by atoms with Crippen LogP contribution in [-0.2, 0) is 0 Å². The summed E-state index contributed by atoms with van der Waals surface area (Å²) in [5.74, 6) is 1.95. The van der Waals surface area contributed by atoms with Gasteiger partial charge in [-0.15, -0.1) is 0 Å². The molecule has 0 bridgehead atoms. The summed E-state index contributed by atoms with van der Waals surface area (Å²) < 4.78 is 0. The van der Waals surface area contributed by atoms with Crippen LogP contribution in [0.15, 0.2) is 66.9 Å². The van der Waals surface area contributed by atoms with E-state index in [-0.39, 0.29) is 0 Å². The summed E-state index contributed by atoms with van der Waals surface area (Å²) >= 11 is 0. The van der Waals surface area contributed by atoms with Crippen molar-refractivity contribution in [2.45, 2.75) is 39.5 Å². The molecule has 1 aliphatic rings. The molecule has 1 aliphatic heterocycles. The van der Waals surface area contributed by atoms with E-state index in [0.717, 1.165) is 12.5 Å². The predicted molar refractivity (Wildman–Crippen MR) is 114 cm³/mol. The van der Waals surface area contributed by atoms with Gasteiger partial charge in [-0.2, -0.15) is 0 Å². The molecule has 0 saturated carbocycles. The molecule has 2 heterocycles. The standard InChI is InChI=1S/C24H27N3/c1-17(2)20-12-8-13-21(18(3)4)23(20)27-16-26(19-10-6-5-7-11-19)24-22(27)14-9-15-25-24/h5-15,17-18H,16H2,1-4H3. The Labute approximate surface area is 162 Å². The van der Waals surface area contributed by atoms with E-state index in [1.54, 1.807) is 0 Å². The number of nitrogens with zero attached hydrogens (tertiary/aromatic N) is 3. The van der Waals surface area contributed by atoms with Crippen LogP contribution in [0.5, 0.6) is 0 Å². The molecule has 1 aromatic heterocycles. The van der Waals surface area contributed by atoms with Gasteiger partial charge in [0.1, 0.15) is 6.67 Å². The Morgan fingerprint density at radius 1 is 0.741 bits per heavy atom. The molecular formula is C24H27N3. The molecular weight excluding hydrogens is 330 g/mol. The van der Waals surface area contributed by atoms with Gasteiger partial charge in [-0.05, 0) is 47.2 Å². The maximum absolute atomic E-state index is 4.73. The Bertz CT molecular complexity index is 905. The first-order chi connectivity index (χ1) is 13.1. The highest BCUT2D eigenvalue weighted by atomic mass is 15.4. The van der Waals surface area contributed by atoms with Crippen molar-refractivity contribution in [1.82, 2.24) is 4.98 Å². The molecule has 27 heavy (non-hydrogen) atoms. The highest BCUT2D eigenvalue weighted by Crippen LogP contribution is 2.46. The molecule has 0 saturated heterocycles. The van der Waals surface area contributed by atoms with Gasteiger partial charge in [0.05, 0.1) is 5.69 Å². The van der Waals surface area contributed by atoms with Crippen LogP contribution in [0.3, 0.4) is 0 Å². The quantitative estimate of drug-likeness (QED) is 0.526. The molecule has 0 N–H and O–H groups in total. The van der Waals surface area contributed by atoms with Gasteiger partial charge in [0.2, 0.25) is 0 Å². The van der Waals surface area contributed by atoms with Crippen molar-refractivity contribution < 1.29 is 0 Å². The number of benzene rings is 2. The molecule has 4 rings (SSSR count). The number of pyridine rings is 1. The van der Waals surface area contributed by atoms with Gasteiger partial charge in [-0.1, -0.05) is 64.1 Å². The largest absolute Gasteiger partial charge is 0.319 e. The molecule has 2 aromatic carbocycles. The van der Waals surface area contributed by atoms with Gasteiger partial charge in [-0.25, -0.2) is 4.98 Å². The zero-order valence-electron chi connectivity index (χ0n) is 16.6. The monoisotopic (exact) mass is 357 g/mol. The van der Waals surface area contributed by atoms with Crippen LogP contribution in [0.2, 0.25) is 0 Å². The summed E-state index contributed by atoms with van der Waals surface area (Å²) in [6, 6.07) is 21.5. The molecule has 0 unspecified atom stereocenters. The Hall–Kier alpha value is -2.81. The number of para-hydroxylation sites is 2. The fourth-order valence-corrected chi connectivity index (χ4v) is 3.92. The van der Waals surface area contributed by atoms with E-state index in [9.17, 15) is 0 Å². The second-order valence-corrected chi connectivity index (χ2v) is 7.77. The topological polar surface area (TPSA) is 19.4 Å². The van der Waals surface area contributed by atoms with E-state index in [4.69, 9.17) is 4.98 Å². The predicted octanol–water partition coefficient (Wildman–Crippen LogP) is 6.58. The minimum atomic E-state index is 0.463. The molecule has 0 radical (unpaired) electrons. The molecule has 138 valence electrons. The van der Waals surface area contributed by atoms with Crippen molar-refractivity contribution in [1.29, 1.82) is 0 Å². The first kappa shape index (κ1) is 17.6. The van der Waals surface area contributed by atoms with Crippen molar-refractivity contribution >= 4 is 22.9 Å². The fraction of sp³-hybridized carbons (Fsp3) is 0.292. The SMILES string of the molecule is CC(C)c1cccc(C(C)C)c1N1CN(c2ccccc2)c2ncccc21. The first-order valence-electron chi connectivity index (χ1n) is 9.76. The van der Waals surface area contributed by atoms with Gasteiger partial charge in [0, 0.05) is 17.6 Å². The van der Waals surface area contributed by atoms with Crippen LogP contribution < -0.4 is 9.80 Å². The van der Waals surface area contributed by atoms with Crippen molar-refractivity contribution in [2.24, 2.45) is 0 Å². The zero-order valence-corrected chi connectivity index (χ0v) is 16.6. The number of hydrogen-bond acceptors (Lipinski definition) is 3. The summed E-state index contributed by atoms with van der Waals surface area (Å²) in [5, 5.41) is 0. The van der Waals surface area contributed by atoms with Crippen molar-refractivity contribution in [3.8, 4) is 0 Å². The third kappa shape index (κ3) is 3.08. The first-order valence-corrected chi connectivity index (χ1v) is 9.76. The lowest BCUT2D eigenvalue weighted by Gasteiger charge is -2.29. The summed E-state index contributed by atoms with van der Waals surface area (Å²) in [4.78, 5) is 9.47. The van der Waals surface area contributed by atoms with Crippen LogP contribution in [0, 0.1) is 0 Å². The van der Waals surface area contributed by atoms with E-state index in [1.165, 1.54) is 28.2 Å². The highest BCUT2D eigenvalue weighted by molar-refractivity contribution is 5.86. The molecule has 0 spiro atoms. The van der Waals surface area contributed by atoms with Crippen LogP contribution in [0.25, 0.3) is 0 Å². The number of aromatic nitrogens is 1. The summed E-state index contributed by atoms with van der Waals surface area (Å²) in [7, 11) is 0. The molecule has 0 fully saturated rings. The van der Waals surface area contributed by atoms with Crippen LogP contribution in [0.1, 0.15) is 50.7 Å². The Kier molecular flexibility index (Phi) is 4.61. The Morgan fingerprint density at radius 3 is 2.04 bits per heavy atom. The Morgan fingerprint density at radius 2 is 1.41 bits per heavy atom. The van der Waals surface area contributed by atoms with Gasteiger partial charge in [0.25, 0.3) is 0 Å². The molecule has 0 aliphatic carbocycles. The maximum atomic E-state index is 4.73. The van der Waals surface area contributed by atoms with Gasteiger partial charge < -0.3 is 9.80 Å². The second kappa shape index (κ2) is 7.07. The third-order valence-electron chi connectivity index (χ3n) is 5.28. The summed E-state index contributed by atoms with van der Waals surface area (Å²) in [6.07, 6.45) is 1.88. The third-order valence-corrected chi connectivity index (χ3v) is 5.28. The van der Waals surface area contributed by atoms with Crippen LogP contribution in [0.4, 0.5) is 22.9 Å². The lowest BCUT2D eigenvalue weighted by molar-refractivity contribution is 0.819.